The molecule has 4 atom stereocenters. The minimum Gasteiger partial charge on any atom is -0.394 e. The zero-order valence-electron chi connectivity index (χ0n) is 8.94. The number of aliphatic hydroxyl groups is 3. The average Bonchev–Trinajstić information content (AvgIpc) is 2.65. The van der Waals surface area contributed by atoms with E-state index in [4.69, 9.17) is 9.84 Å². The van der Waals surface area contributed by atoms with Gasteiger partial charge in [-0.05, 0) is 0 Å². The van der Waals surface area contributed by atoms with Crippen molar-refractivity contribution >= 4 is 11.9 Å². The first-order chi connectivity index (χ1) is 8.02. The van der Waals surface area contributed by atoms with Crippen LogP contribution in [-0.4, -0.2) is 69.8 Å². The van der Waals surface area contributed by atoms with Crippen LogP contribution in [0.5, 0.6) is 0 Å². The summed E-state index contributed by atoms with van der Waals surface area (Å²) >= 11 is 0. The molecule has 0 aromatic rings. The van der Waals surface area contributed by atoms with E-state index in [9.17, 15) is 19.8 Å². The second-order valence-corrected chi connectivity index (χ2v) is 4.08. The van der Waals surface area contributed by atoms with E-state index in [1.807, 2.05) is 5.32 Å². The lowest BCUT2D eigenvalue weighted by atomic mass is 10.1. The molecule has 0 bridgehead atoms. The third-order valence-corrected chi connectivity index (χ3v) is 2.90. The van der Waals surface area contributed by atoms with Crippen LogP contribution < -0.4 is 5.32 Å². The van der Waals surface area contributed by atoms with Crippen LogP contribution in [0.2, 0.25) is 0 Å². The summed E-state index contributed by atoms with van der Waals surface area (Å²) < 4.78 is 5.26. The quantitative estimate of drug-likeness (QED) is 0.423. The molecule has 2 aliphatic heterocycles. The van der Waals surface area contributed by atoms with E-state index in [-0.39, 0.29) is 19.6 Å². The van der Waals surface area contributed by atoms with Gasteiger partial charge in [0.1, 0.15) is 12.3 Å². The highest BCUT2D eigenvalue weighted by molar-refractivity contribution is 5.99. The van der Waals surface area contributed by atoms with E-state index in [0.29, 0.717) is 0 Å². The monoisotopic (exact) mass is 246 g/mol. The molecule has 2 aliphatic rings. The summed E-state index contributed by atoms with van der Waals surface area (Å²) in [6, 6.07) is -0.670. The molecule has 2 heterocycles. The minimum absolute atomic E-state index is 0.138. The standard InChI is InChI=1S/C9H14N2O6/c12-3-6-4(13)1-7(17-6)11-2-5(14)8(15)10-9(11)16/h4-7,12-14H,1-3H2,(H,10,15,16). The highest BCUT2D eigenvalue weighted by atomic mass is 16.5. The smallest absolute Gasteiger partial charge is 0.326 e. The van der Waals surface area contributed by atoms with Gasteiger partial charge in [0.25, 0.3) is 5.91 Å². The first-order valence-electron chi connectivity index (χ1n) is 5.27. The van der Waals surface area contributed by atoms with Crippen molar-refractivity contribution in [1.29, 1.82) is 0 Å². The van der Waals surface area contributed by atoms with Crippen molar-refractivity contribution in [2.24, 2.45) is 0 Å². The molecule has 96 valence electrons. The summed E-state index contributed by atoms with van der Waals surface area (Å²) in [6.45, 7) is -0.533. The predicted octanol–water partition coefficient (Wildman–Crippen LogP) is -2.63. The molecule has 0 radical (unpaired) electrons. The van der Waals surface area contributed by atoms with Crippen LogP contribution in [0.15, 0.2) is 0 Å². The Hall–Kier alpha value is -1.22. The van der Waals surface area contributed by atoms with Crippen molar-refractivity contribution in [2.75, 3.05) is 13.2 Å². The van der Waals surface area contributed by atoms with Gasteiger partial charge in [-0.2, -0.15) is 0 Å². The largest absolute Gasteiger partial charge is 0.394 e. The van der Waals surface area contributed by atoms with E-state index in [1.165, 1.54) is 0 Å². The van der Waals surface area contributed by atoms with E-state index in [1.54, 1.807) is 0 Å². The maximum Gasteiger partial charge on any atom is 0.326 e. The van der Waals surface area contributed by atoms with Crippen LogP contribution in [0, 0.1) is 0 Å². The molecule has 4 unspecified atom stereocenters. The summed E-state index contributed by atoms with van der Waals surface area (Å²) in [7, 11) is 0. The van der Waals surface area contributed by atoms with Crippen molar-refractivity contribution in [3.05, 3.63) is 0 Å². The number of β-amino-alcohol motifs (C(OH)–C–C–N with tert-alkyl or cyclic N) is 1. The number of rotatable bonds is 2. The molecule has 4 N–H and O–H groups in total. The number of ether oxygens (including phenoxy) is 1. The first-order valence-corrected chi connectivity index (χ1v) is 5.27. The molecule has 2 rings (SSSR count). The number of nitrogens with one attached hydrogen (secondary N) is 1. The molecule has 0 aromatic carbocycles. The first kappa shape index (κ1) is 12.2. The second kappa shape index (κ2) is 4.57. The Labute approximate surface area is 96.8 Å². The van der Waals surface area contributed by atoms with Crippen LogP contribution in [0.3, 0.4) is 0 Å². The van der Waals surface area contributed by atoms with Gasteiger partial charge >= 0.3 is 6.03 Å². The summed E-state index contributed by atoms with van der Waals surface area (Å²) in [4.78, 5) is 23.6. The van der Waals surface area contributed by atoms with Crippen LogP contribution >= 0.6 is 0 Å². The van der Waals surface area contributed by atoms with Crippen molar-refractivity contribution < 1.29 is 29.6 Å². The van der Waals surface area contributed by atoms with Crippen molar-refractivity contribution in [2.45, 2.75) is 31.0 Å². The molecule has 0 aliphatic carbocycles. The molecule has 2 fully saturated rings. The summed E-state index contributed by atoms with van der Waals surface area (Å²) in [5.74, 6) is -0.747. The zero-order valence-corrected chi connectivity index (χ0v) is 8.94. The van der Waals surface area contributed by atoms with Gasteiger partial charge in [-0.25, -0.2) is 4.79 Å². The molecule has 2 saturated heterocycles. The Morgan fingerprint density at radius 2 is 2.12 bits per heavy atom. The molecular weight excluding hydrogens is 232 g/mol. The minimum atomic E-state index is -1.30. The number of carbonyl (C=O) groups is 2. The van der Waals surface area contributed by atoms with Gasteiger partial charge in [0.2, 0.25) is 0 Å². The van der Waals surface area contributed by atoms with Gasteiger partial charge in [-0.15, -0.1) is 0 Å². The third kappa shape index (κ3) is 2.25. The van der Waals surface area contributed by atoms with Gasteiger partial charge in [0.05, 0.1) is 19.3 Å². The maximum atomic E-state index is 11.5. The fourth-order valence-electron chi connectivity index (χ4n) is 1.93. The highest BCUT2D eigenvalue weighted by Crippen LogP contribution is 2.24. The lowest BCUT2D eigenvalue weighted by Crippen LogP contribution is -2.59. The Balaban J connectivity index is 2.03. The SMILES string of the molecule is O=C1NC(=O)N(C2CC(O)C(CO)O2)CC1O. The van der Waals surface area contributed by atoms with Crippen molar-refractivity contribution in [3.63, 3.8) is 0 Å². The number of nitrogens with zero attached hydrogens (tertiary/aromatic N) is 1. The molecule has 0 spiro atoms. The summed E-state index contributed by atoms with van der Waals surface area (Å²) in [5, 5.41) is 29.7. The van der Waals surface area contributed by atoms with Gasteiger partial charge in [0.15, 0.2) is 6.10 Å². The van der Waals surface area contributed by atoms with Crippen LogP contribution in [0.1, 0.15) is 6.42 Å². The maximum absolute atomic E-state index is 11.5. The molecular formula is C9H14N2O6. The topological polar surface area (TPSA) is 119 Å². The number of imide groups is 1. The highest BCUT2D eigenvalue weighted by Gasteiger charge is 2.42. The normalized spacial score (nSPS) is 38.4. The fraction of sp³-hybridized carbons (Fsp3) is 0.778. The van der Waals surface area contributed by atoms with Crippen LogP contribution in [-0.2, 0) is 9.53 Å². The number of urea groups is 1. The number of amides is 3. The van der Waals surface area contributed by atoms with Crippen LogP contribution in [0.25, 0.3) is 0 Å². The van der Waals surface area contributed by atoms with Crippen molar-refractivity contribution in [1.82, 2.24) is 10.2 Å². The van der Waals surface area contributed by atoms with E-state index in [0.717, 1.165) is 4.90 Å². The van der Waals surface area contributed by atoms with Gasteiger partial charge in [-0.1, -0.05) is 0 Å². The lowest BCUT2D eigenvalue weighted by Gasteiger charge is -2.33. The summed E-state index contributed by atoms with van der Waals surface area (Å²) in [5.41, 5.74) is 0. The van der Waals surface area contributed by atoms with Gasteiger partial charge in [-0.3, -0.25) is 15.0 Å². The molecule has 3 amide bonds. The van der Waals surface area contributed by atoms with E-state index in [2.05, 4.69) is 0 Å². The average molecular weight is 246 g/mol. The van der Waals surface area contributed by atoms with Crippen molar-refractivity contribution in [3.8, 4) is 0 Å². The molecule has 8 nitrogen and oxygen atoms in total. The Kier molecular flexibility index (Phi) is 3.29. The lowest BCUT2D eigenvalue weighted by molar-refractivity contribution is -0.135. The van der Waals surface area contributed by atoms with Gasteiger partial charge in [0, 0.05) is 6.42 Å². The molecule has 0 saturated carbocycles. The van der Waals surface area contributed by atoms with Gasteiger partial charge < -0.3 is 20.1 Å². The Bertz CT molecular complexity index is 335. The Morgan fingerprint density at radius 3 is 2.71 bits per heavy atom. The third-order valence-electron chi connectivity index (χ3n) is 2.90. The zero-order chi connectivity index (χ0) is 12.6. The number of hydrogen-bond acceptors (Lipinski definition) is 6. The molecule has 17 heavy (non-hydrogen) atoms. The summed E-state index contributed by atoms with van der Waals surface area (Å²) in [6.07, 6.45) is -3.53. The molecule has 0 aromatic heterocycles. The molecule has 8 heteroatoms. The fourth-order valence-corrected chi connectivity index (χ4v) is 1.93. The predicted molar refractivity (Wildman–Crippen MR) is 52.6 cm³/mol. The number of hydrogen-bond donors (Lipinski definition) is 4. The number of aliphatic hydroxyl groups excluding tert-OH is 3. The van der Waals surface area contributed by atoms with E-state index >= 15 is 0 Å². The van der Waals surface area contributed by atoms with E-state index < -0.39 is 36.5 Å². The van der Waals surface area contributed by atoms with Crippen LogP contribution in [0.4, 0.5) is 4.79 Å². The Morgan fingerprint density at radius 1 is 1.41 bits per heavy atom. The number of carbonyl (C=O) groups excluding carboxylic acids is 2. The second-order valence-electron chi connectivity index (χ2n) is 4.08.